The van der Waals surface area contributed by atoms with Crippen LogP contribution >= 0.6 is 11.6 Å². The molecule has 1 aromatic carbocycles. The lowest BCUT2D eigenvalue weighted by atomic mass is 10.2. The second kappa shape index (κ2) is 9.11. The first-order valence-electron chi connectivity index (χ1n) is 8.20. The topological polar surface area (TPSA) is 62.2 Å². The van der Waals surface area contributed by atoms with Crippen LogP contribution in [0.1, 0.15) is 12.5 Å². The van der Waals surface area contributed by atoms with E-state index in [1.165, 1.54) is 0 Å². The van der Waals surface area contributed by atoms with Crippen LogP contribution in [-0.4, -0.2) is 73.0 Å². The molecule has 6 nitrogen and oxygen atoms in total. The van der Waals surface area contributed by atoms with Crippen LogP contribution in [0.25, 0.3) is 0 Å². The SMILES string of the molecule is CCOC(=O)N1CCN(CC(O)COc2ccc(Cl)cc2C)CC1. The summed E-state index contributed by atoms with van der Waals surface area (Å²) in [6, 6.07) is 5.41. The first-order valence-corrected chi connectivity index (χ1v) is 8.58. The van der Waals surface area contributed by atoms with E-state index in [9.17, 15) is 9.90 Å². The second-order valence-electron chi connectivity index (χ2n) is 5.86. The predicted molar refractivity (Wildman–Crippen MR) is 92.7 cm³/mol. The van der Waals surface area contributed by atoms with Crippen molar-refractivity contribution < 1.29 is 19.4 Å². The molecule has 1 aliphatic rings. The molecule has 1 atom stereocenters. The fourth-order valence-electron chi connectivity index (χ4n) is 2.64. The summed E-state index contributed by atoms with van der Waals surface area (Å²) in [7, 11) is 0. The van der Waals surface area contributed by atoms with E-state index in [4.69, 9.17) is 21.1 Å². The highest BCUT2D eigenvalue weighted by molar-refractivity contribution is 6.30. The molecule has 0 aromatic heterocycles. The lowest BCUT2D eigenvalue weighted by molar-refractivity contribution is 0.0406. The van der Waals surface area contributed by atoms with Gasteiger partial charge in [0.2, 0.25) is 0 Å². The van der Waals surface area contributed by atoms with Crippen molar-refractivity contribution in [3.8, 4) is 5.75 Å². The summed E-state index contributed by atoms with van der Waals surface area (Å²) in [6.07, 6.45) is -0.853. The maximum atomic E-state index is 11.6. The van der Waals surface area contributed by atoms with Gasteiger partial charge in [0.15, 0.2) is 0 Å². The number of piperazine rings is 1. The molecule has 24 heavy (non-hydrogen) atoms. The zero-order valence-electron chi connectivity index (χ0n) is 14.2. The summed E-state index contributed by atoms with van der Waals surface area (Å²) < 4.78 is 10.7. The largest absolute Gasteiger partial charge is 0.491 e. The minimum Gasteiger partial charge on any atom is -0.491 e. The Kier molecular flexibility index (Phi) is 7.15. The van der Waals surface area contributed by atoms with E-state index in [2.05, 4.69) is 4.90 Å². The van der Waals surface area contributed by atoms with Gasteiger partial charge in [-0.1, -0.05) is 11.6 Å². The third-order valence-electron chi connectivity index (χ3n) is 3.94. The number of carbonyl (C=O) groups excluding carboxylic acids is 1. The van der Waals surface area contributed by atoms with E-state index in [-0.39, 0.29) is 12.7 Å². The van der Waals surface area contributed by atoms with Gasteiger partial charge in [-0.25, -0.2) is 4.79 Å². The Hall–Kier alpha value is -1.50. The molecule has 1 N–H and O–H groups in total. The van der Waals surface area contributed by atoms with Crippen molar-refractivity contribution in [1.82, 2.24) is 9.80 Å². The number of β-amino-alcohol motifs (C(OH)–C–C–N with tert-alkyl or cyclic N) is 1. The first-order chi connectivity index (χ1) is 11.5. The van der Waals surface area contributed by atoms with Crippen LogP contribution in [0.4, 0.5) is 4.79 Å². The number of hydrogen-bond acceptors (Lipinski definition) is 5. The molecule has 0 spiro atoms. The highest BCUT2D eigenvalue weighted by Gasteiger charge is 2.23. The van der Waals surface area contributed by atoms with Gasteiger partial charge in [0, 0.05) is 37.7 Å². The molecule has 7 heteroatoms. The van der Waals surface area contributed by atoms with Crippen LogP contribution in [-0.2, 0) is 4.74 Å². The molecule has 0 aliphatic carbocycles. The van der Waals surface area contributed by atoms with Crippen molar-refractivity contribution in [2.75, 3.05) is 45.9 Å². The minimum atomic E-state index is -0.589. The molecule has 1 amide bonds. The third kappa shape index (κ3) is 5.54. The number of amides is 1. The molecule has 134 valence electrons. The molecular formula is C17H25ClN2O4. The van der Waals surface area contributed by atoms with Crippen LogP contribution in [0, 0.1) is 6.92 Å². The molecule has 0 saturated carbocycles. The smallest absolute Gasteiger partial charge is 0.409 e. The van der Waals surface area contributed by atoms with Crippen LogP contribution in [0.2, 0.25) is 5.02 Å². The molecule has 0 radical (unpaired) electrons. The number of aryl methyl sites for hydroxylation is 1. The van der Waals surface area contributed by atoms with Gasteiger partial charge >= 0.3 is 6.09 Å². The minimum absolute atomic E-state index is 0.223. The monoisotopic (exact) mass is 356 g/mol. The van der Waals surface area contributed by atoms with E-state index in [1.54, 1.807) is 17.9 Å². The highest BCUT2D eigenvalue weighted by Crippen LogP contribution is 2.21. The Morgan fingerprint density at radius 3 is 2.67 bits per heavy atom. The van der Waals surface area contributed by atoms with Crippen molar-refractivity contribution in [3.63, 3.8) is 0 Å². The van der Waals surface area contributed by atoms with Crippen LogP contribution in [0.3, 0.4) is 0 Å². The van der Waals surface area contributed by atoms with E-state index in [0.29, 0.717) is 31.3 Å². The van der Waals surface area contributed by atoms with Crippen molar-refractivity contribution in [1.29, 1.82) is 0 Å². The predicted octanol–water partition coefficient (Wildman–Crippen LogP) is 2.16. The lowest BCUT2D eigenvalue weighted by Gasteiger charge is -2.34. The van der Waals surface area contributed by atoms with E-state index < -0.39 is 6.10 Å². The Balaban J connectivity index is 1.71. The maximum absolute atomic E-state index is 11.6. The number of benzene rings is 1. The van der Waals surface area contributed by atoms with Gasteiger partial charge in [-0.3, -0.25) is 4.90 Å². The number of aliphatic hydroxyl groups is 1. The Morgan fingerprint density at radius 1 is 1.33 bits per heavy atom. The fourth-order valence-corrected chi connectivity index (χ4v) is 2.87. The number of nitrogens with zero attached hydrogens (tertiary/aromatic N) is 2. The summed E-state index contributed by atoms with van der Waals surface area (Å²) in [5.41, 5.74) is 0.942. The van der Waals surface area contributed by atoms with Crippen LogP contribution < -0.4 is 4.74 Å². The second-order valence-corrected chi connectivity index (χ2v) is 6.30. The Bertz CT molecular complexity index is 547. The molecule has 1 saturated heterocycles. The van der Waals surface area contributed by atoms with Gasteiger partial charge < -0.3 is 19.5 Å². The maximum Gasteiger partial charge on any atom is 0.409 e. The quantitative estimate of drug-likeness (QED) is 0.846. The normalized spacial score (nSPS) is 16.8. The van der Waals surface area contributed by atoms with Crippen molar-refractivity contribution in [2.24, 2.45) is 0 Å². The number of ether oxygens (including phenoxy) is 2. The fraction of sp³-hybridized carbons (Fsp3) is 0.588. The van der Waals surface area contributed by atoms with E-state index >= 15 is 0 Å². The summed E-state index contributed by atoms with van der Waals surface area (Å²) in [6.45, 7) is 7.51. The van der Waals surface area contributed by atoms with Crippen LogP contribution in [0.15, 0.2) is 18.2 Å². The molecule has 0 bridgehead atoms. The number of aliphatic hydroxyl groups excluding tert-OH is 1. The Morgan fingerprint density at radius 2 is 2.04 bits per heavy atom. The summed E-state index contributed by atoms with van der Waals surface area (Å²) >= 11 is 5.91. The molecule has 1 unspecified atom stereocenters. The molecule has 1 aliphatic heterocycles. The molecule has 2 rings (SSSR count). The number of hydrogen-bond donors (Lipinski definition) is 1. The lowest BCUT2D eigenvalue weighted by Crippen LogP contribution is -2.51. The van der Waals surface area contributed by atoms with E-state index in [0.717, 1.165) is 24.4 Å². The van der Waals surface area contributed by atoms with Crippen molar-refractivity contribution >= 4 is 17.7 Å². The average molecular weight is 357 g/mol. The first kappa shape index (κ1) is 18.8. The number of halogens is 1. The molecular weight excluding hydrogens is 332 g/mol. The zero-order valence-corrected chi connectivity index (χ0v) is 15.0. The van der Waals surface area contributed by atoms with Gasteiger partial charge in [0.25, 0.3) is 0 Å². The summed E-state index contributed by atoms with van der Waals surface area (Å²) in [4.78, 5) is 15.5. The molecule has 1 heterocycles. The standard InChI is InChI=1S/C17H25ClN2O4/c1-3-23-17(22)20-8-6-19(7-9-20)11-15(21)12-24-16-5-4-14(18)10-13(16)2/h4-5,10,15,21H,3,6-9,11-12H2,1-2H3. The summed E-state index contributed by atoms with van der Waals surface area (Å²) in [5.74, 6) is 0.727. The van der Waals surface area contributed by atoms with Crippen molar-refractivity contribution in [3.05, 3.63) is 28.8 Å². The van der Waals surface area contributed by atoms with Gasteiger partial charge in [-0.2, -0.15) is 0 Å². The zero-order chi connectivity index (χ0) is 17.5. The molecule has 1 aromatic rings. The van der Waals surface area contributed by atoms with Gasteiger partial charge in [0.05, 0.1) is 6.61 Å². The average Bonchev–Trinajstić information content (AvgIpc) is 2.55. The highest BCUT2D eigenvalue weighted by atomic mass is 35.5. The van der Waals surface area contributed by atoms with Gasteiger partial charge in [0.1, 0.15) is 18.5 Å². The Labute approximate surface area is 147 Å². The van der Waals surface area contributed by atoms with E-state index in [1.807, 2.05) is 19.1 Å². The van der Waals surface area contributed by atoms with Crippen molar-refractivity contribution in [2.45, 2.75) is 20.0 Å². The number of rotatable bonds is 6. The third-order valence-corrected chi connectivity index (χ3v) is 4.17. The molecule has 1 fully saturated rings. The van der Waals surface area contributed by atoms with Crippen LogP contribution in [0.5, 0.6) is 5.75 Å². The summed E-state index contributed by atoms with van der Waals surface area (Å²) in [5, 5.41) is 10.8. The van der Waals surface area contributed by atoms with Gasteiger partial charge in [-0.15, -0.1) is 0 Å². The van der Waals surface area contributed by atoms with Gasteiger partial charge in [-0.05, 0) is 37.6 Å². The number of carbonyl (C=O) groups is 1.